The zero-order chi connectivity index (χ0) is 23.7. The molecule has 0 radical (unpaired) electrons. The maximum absolute atomic E-state index is 14.2. The van der Waals surface area contributed by atoms with Crippen LogP contribution < -0.4 is 5.32 Å². The zero-order valence-electron chi connectivity index (χ0n) is 17.6. The summed E-state index contributed by atoms with van der Waals surface area (Å²) in [5.41, 5.74) is 0.457. The van der Waals surface area contributed by atoms with Gasteiger partial charge in [0.25, 0.3) is 0 Å². The zero-order valence-corrected chi connectivity index (χ0v) is 20.0. The van der Waals surface area contributed by atoms with Crippen molar-refractivity contribution < 1.29 is 19.4 Å². The number of aliphatic hydroxyl groups excluding tert-OH is 2. The number of thiophene rings is 1. The minimum atomic E-state index is -1.38. The number of nitrogens with zero attached hydrogens (tertiary/aromatic N) is 2. The lowest BCUT2D eigenvalue weighted by atomic mass is 10.00. The number of aliphatic hydroxyl groups is 2. The van der Waals surface area contributed by atoms with E-state index < -0.39 is 11.9 Å². The Hall–Kier alpha value is -2.10. The molecule has 2 heterocycles. The van der Waals surface area contributed by atoms with Gasteiger partial charge in [-0.2, -0.15) is 0 Å². The van der Waals surface area contributed by atoms with Crippen LogP contribution >= 0.6 is 34.5 Å². The molecule has 1 fully saturated rings. The summed E-state index contributed by atoms with van der Waals surface area (Å²) in [4.78, 5) is 21.8. The van der Waals surface area contributed by atoms with Gasteiger partial charge in [-0.3, -0.25) is 4.79 Å². The summed E-state index contributed by atoms with van der Waals surface area (Å²) in [6.07, 6.45) is 3.05. The van der Waals surface area contributed by atoms with E-state index in [1.807, 2.05) is 0 Å². The smallest absolute Gasteiger partial charge is 0.208 e. The molecular formula is C23H22Cl2FN3O3S. The standard InChI is InChI=1S/C23H22Cl2FN3O3S/c1-11-4-14(5-12(11)9-30)29-23-17(8-27-10-28-23)21(32)19-7-16(22(25)33-19)20(31)15-6-13(24)2-3-18(15)26/h2-3,6-8,10-12,14,20,30-31H,4-5,9H2,1H3,(H,27,28,29)/t11-,12+,14-,20?/m0/s1. The SMILES string of the molecule is C[C@H]1C[C@H](Nc2ncncc2C(=O)c2cc(C(O)c3cc(Cl)ccc3F)c(Cl)s2)C[C@@H]1CO. The predicted molar refractivity (Wildman–Crippen MR) is 127 cm³/mol. The normalized spacial score (nSPS) is 21.2. The van der Waals surface area contributed by atoms with Crippen molar-refractivity contribution in [2.45, 2.75) is 31.9 Å². The Morgan fingerprint density at radius 1 is 1.30 bits per heavy atom. The van der Waals surface area contributed by atoms with Crippen LogP contribution in [0.3, 0.4) is 0 Å². The molecule has 1 saturated carbocycles. The van der Waals surface area contributed by atoms with E-state index in [2.05, 4.69) is 22.2 Å². The number of benzene rings is 1. The molecule has 6 nitrogen and oxygen atoms in total. The van der Waals surface area contributed by atoms with Gasteiger partial charge in [0.1, 0.15) is 24.1 Å². The monoisotopic (exact) mass is 509 g/mol. The van der Waals surface area contributed by atoms with Crippen molar-refractivity contribution in [1.82, 2.24) is 9.97 Å². The number of carbonyl (C=O) groups excluding carboxylic acids is 1. The van der Waals surface area contributed by atoms with Crippen LogP contribution in [-0.2, 0) is 0 Å². The third-order valence-corrected chi connectivity index (χ3v) is 7.69. The fraction of sp³-hybridized carbons (Fsp3) is 0.348. The number of anilines is 1. The summed E-state index contributed by atoms with van der Waals surface area (Å²) in [6.45, 7) is 2.22. The summed E-state index contributed by atoms with van der Waals surface area (Å²) >= 11 is 13.3. The van der Waals surface area contributed by atoms with Crippen LogP contribution in [0.2, 0.25) is 9.36 Å². The van der Waals surface area contributed by atoms with E-state index in [1.54, 1.807) is 0 Å². The number of ketones is 1. The van der Waals surface area contributed by atoms with E-state index in [4.69, 9.17) is 23.2 Å². The minimum absolute atomic E-state index is 0.0274. The Morgan fingerprint density at radius 3 is 2.82 bits per heavy atom. The first-order chi connectivity index (χ1) is 15.8. The highest BCUT2D eigenvalue weighted by molar-refractivity contribution is 7.18. The number of aromatic nitrogens is 2. The molecule has 2 aromatic heterocycles. The van der Waals surface area contributed by atoms with Crippen molar-refractivity contribution in [1.29, 1.82) is 0 Å². The minimum Gasteiger partial charge on any atom is -0.396 e. The Bertz CT molecular complexity index is 1180. The molecule has 1 unspecified atom stereocenters. The molecule has 0 aliphatic heterocycles. The Labute approximate surface area is 204 Å². The molecule has 0 saturated heterocycles. The first-order valence-electron chi connectivity index (χ1n) is 10.4. The van der Waals surface area contributed by atoms with E-state index in [-0.39, 0.29) is 55.3 Å². The van der Waals surface area contributed by atoms with Crippen molar-refractivity contribution >= 4 is 46.1 Å². The number of carbonyl (C=O) groups is 1. The summed E-state index contributed by atoms with van der Waals surface area (Å²) in [5.74, 6) is -0.0222. The van der Waals surface area contributed by atoms with Gasteiger partial charge in [-0.15, -0.1) is 11.3 Å². The van der Waals surface area contributed by atoms with Crippen LogP contribution in [0, 0.1) is 17.7 Å². The lowest BCUT2D eigenvalue weighted by molar-refractivity contribution is 0.104. The molecular weight excluding hydrogens is 488 g/mol. The summed E-state index contributed by atoms with van der Waals surface area (Å²) in [7, 11) is 0. The number of nitrogens with one attached hydrogen (secondary N) is 1. The fourth-order valence-corrected chi connectivity index (χ4v) is 5.68. The lowest BCUT2D eigenvalue weighted by Gasteiger charge is -2.15. The van der Waals surface area contributed by atoms with Gasteiger partial charge < -0.3 is 15.5 Å². The average Bonchev–Trinajstić information content (AvgIpc) is 3.36. The highest BCUT2D eigenvalue weighted by Gasteiger charge is 2.32. The molecule has 3 aromatic rings. The second-order valence-electron chi connectivity index (χ2n) is 8.25. The second-order valence-corrected chi connectivity index (χ2v) is 10.3. The van der Waals surface area contributed by atoms with Gasteiger partial charge in [0.05, 0.1) is 14.8 Å². The highest BCUT2D eigenvalue weighted by atomic mass is 35.5. The molecule has 4 atom stereocenters. The Kier molecular flexibility index (Phi) is 7.31. The molecule has 1 aliphatic rings. The van der Waals surface area contributed by atoms with Gasteiger partial charge in [-0.25, -0.2) is 14.4 Å². The molecule has 1 aliphatic carbocycles. The molecule has 33 heavy (non-hydrogen) atoms. The van der Waals surface area contributed by atoms with Gasteiger partial charge in [-0.05, 0) is 48.9 Å². The van der Waals surface area contributed by atoms with Gasteiger partial charge in [0, 0.05) is 35.0 Å². The quantitative estimate of drug-likeness (QED) is 0.382. The van der Waals surface area contributed by atoms with Crippen LogP contribution in [-0.4, -0.2) is 38.6 Å². The van der Waals surface area contributed by atoms with Gasteiger partial charge >= 0.3 is 0 Å². The number of halogens is 3. The lowest BCUT2D eigenvalue weighted by Crippen LogP contribution is -2.19. The third-order valence-electron chi connectivity index (χ3n) is 6.06. The maximum Gasteiger partial charge on any atom is 0.208 e. The Morgan fingerprint density at radius 2 is 2.09 bits per heavy atom. The van der Waals surface area contributed by atoms with E-state index in [9.17, 15) is 19.4 Å². The topological polar surface area (TPSA) is 95.3 Å². The molecule has 174 valence electrons. The largest absolute Gasteiger partial charge is 0.396 e. The van der Waals surface area contributed by atoms with Crippen molar-refractivity contribution in [3.8, 4) is 0 Å². The van der Waals surface area contributed by atoms with E-state index in [1.165, 1.54) is 30.7 Å². The van der Waals surface area contributed by atoms with E-state index in [0.29, 0.717) is 11.7 Å². The number of hydrogen-bond donors (Lipinski definition) is 3. The fourth-order valence-electron chi connectivity index (χ4n) is 4.22. The van der Waals surface area contributed by atoms with E-state index in [0.717, 1.165) is 30.2 Å². The van der Waals surface area contributed by atoms with Crippen LogP contribution in [0.4, 0.5) is 10.2 Å². The second kappa shape index (κ2) is 10.0. The summed E-state index contributed by atoms with van der Waals surface area (Å²) in [6, 6.07) is 5.41. The van der Waals surface area contributed by atoms with Crippen LogP contribution in [0.25, 0.3) is 0 Å². The van der Waals surface area contributed by atoms with Crippen LogP contribution in [0.1, 0.15) is 52.2 Å². The van der Waals surface area contributed by atoms with Gasteiger partial charge in [0.15, 0.2) is 0 Å². The van der Waals surface area contributed by atoms with Crippen molar-refractivity contribution in [3.05, 3.63) is 73.5 Å². The van der Waals surface area contributed by atoms with E-state index >= 15 is 0 Å². The van der Waals surface area contributed by atoms with Gasteiger partial charge in [0.2, 0.25) is 5.78 Å². The van der Waals surface area contributed by atoms with Gasteiger partial charge in [-0.1, -0.05) is 30.1 Å². The van der Waals surface area contributed by atoms with Crippen molar-refractivity contribution in [2.75, 3.05) is 11.9 Å². The first kappa shape index (κ1) is 24.0. The Balaban J connectivity index is 1.59. The highest BCUT2D eigenvalue weighted by Crippen LogP contribution is 2.38. The summed E-state index contributed by atoms with van der Waals surface area (Å²) in [5, 5.41) is 23.8. The number of rotatable bonds is 7. The predicted octanol–water partition coefficient (Wildman–Crippen LogP) is 5.12. The average molecular weight is 510 g/mol. The summed E-state index contributed by atoms with van der Waals surface area (Å²) < 4.78 is 14.4. The van der Waals surface area contributed by atoms with Crippen LogP contribution in [0.5, 0.6) is 0 Å². The molecule has 0 spiro atoms. The maximum atomic E-state index is 14.2. The number of hydrogen-bond acceptors (Lipinski definition) is 7. The van der Waals surface area contributed by atoms with Crippen LogP contribution in [0.15, 0.2) is 36.8 Å². The third kappa shape index (κ3) is 5.05. The molecule has 0 bridgehead atoms. The first-order valence-corrected chi connectivity index (χ1v) is 12.0. The molecule has 3 N–H and O–H groups in total. The van der Waals surface area contributed by atoms with Crippen molar-refractivity contribution in [2.24, 2.45) is 11.8 Å². The molecule has 0 amide bonds. The molecule has 1 aromatic carbocycles. The molecule has 10 heteroatoms. The van der Waals surface area contributed by atoms with Crippen molar-refractivity contribution in [3.63, 3.8) is 0 Å². The molecule has 4 rings (SSSR count).